The molecule has 1 aliphatic heterocycles. The number of nitrogens with one attached hydrogen (secondary N) is 2. The number of rotatable bonds is 7. The highest BCUT2D eigenvalue weighted by atomic mass is 16.5. The van der Waals surface area contributed by atoms with Crippen LogP contribution in [-0.4, -0.2) is 28.2 Å². The highest BCUT2D eigenvalue weighted by Crippen LogP contribution is 2.36. The molecule has 0 radical (unpaired) electrons. The Morgan fingerprint density at radius 2 is 2.12 bits per heavy atom. The van der Waals surface area contributed by atoms with E-state index in [9.17, 15) is 4.79 Å². The van der Waals surface area contributed by atoms with Crippen LogP contribution in [0, 0.1) is 25.7 Å². The number of carbonyl (C=O) groups excluding carboxylic acids is 1. The zero-order valence-corrected chi connectivity index (χ0v) is 19.6. The van der Waals surface area contributed by atoms with Crippen LogP contribution in [0.4, 0.5) is 0 Å². The van der Waals surface area contributed by atoms with E-state index in [-0.39, 0.29) is 18.0 Å². The summed E-state index contributed by atoms with van der Waals surface area (Å²) in [5, 5.41) is 12.4. The molecule has 6 nitrogen and oxygen atoms in total. The summed E-state index contributed by atoms with van der Waals surface area (Å²) in [7, 11) is 0. The van der Waals surface area contributed by atoms with E-state index >= 15 is 0 Å². The summed E-state index contributed by atoms with van der Waals surface area (Å²) in [6.45, 7) is 10.00. The van der Waals surface area contributed by atoms with Crippen molar-refractivity contribution in [2.45, 2.75) is 72.0 Å². The first-order chi connectivity index (χ1) is 15.4. The molecule has 1 aromatic carbocycles. The third kappa shape index (κ3) is 4.08. The van der Waals surface area contributed by atoms with Gasteiger partial charge in [-0.3, -0.25) is 10.1 Å². The van der Waals surface area contributed by atoms with Crippen LogP contribution >= 0.6 is 0 Å². The van der Waals surface area contributed by atoms with Gasteiger partial charge in [0, 0.05) is 35.2 Å². The lowest BCUT2D eigenvalue weighted by Gasteiger charge is -2.25. The van der Waals surface area contributed by atoms with Crippen LogP contribution in [0.3, 0.4) is 0 Å². The maximum absolute atomic E-state index is 13.1. The van der Waals surface area contributed by atoms with E-state index in [0.29, 0.717) is 18.3 Å². The highest BCUT2D eigenvalue weighted by Gasteiger charge is 2.32. The molecule has 3 heterocycles. The van der Waals surface area contributed by atoms with Gasteiger partial charge in [-0.05, 0) is 68.6 Å². The first kappa shape index (κ1) is 21.3. The molecule has 1 saturated carbocycles. The van der Waals surface area contributed by atoms with Gasteiger partial charge in [0.05, 0.1) is 18.3 Å². The first-order valence-electron chi connectivity index (χ1n) is 12.0. The Morgan fingerprint density at radius 3 is 2.81 bits per heavy atom. The molecule has 5 rings (SSSR count). The van der Waals surface area contributed by atoms with Crippen molar-refractivity contribution >= 4 is 16.8 Å². The number of hydrogen-bond donors (Lipinski definition) is 2. The number of aromatic nitrogens is 2. The van der Waals surface area contributed by atoms with Crippen molar-refractivity contribution in [1.82, 2.24) is 20.4 Å². The van der Waals surface area contributed by atoms with Crippen molar-refractivity contribution in [2.75, 3.05) is 6.54 Å². The second-order valence-corrected chi connectivity index (χ2v) is 10.1. The van der Waals surface area contributed by atoms with Crippen molar-refractivity contribution in [3.05, 3.63) is 52.5 Å². The smallest absolute Gasteiger partial charge is 0.237 e. The van der Waals surface area contributed by atoms with Gasteiger partial charge in [0.15, 0.2) is 0 Å². The number of carbonyl (C=O) groups is 1. The molecule has 0 saturated heterocycles. The Bertz CT molecular complexity index is 1120. The molecule has 6 heteroatoms. The van der Waals surface area contributed by atoms with E-state index in [4.69, 9.17) is 4.52 Å². The Morgan fingerprint density at radius 1 is 1.31 bits per heavy atom. The third-order valence-electron chi connectivity index (χ3n) is 7.01. The second kappa shape index (κ2) is 8.39. The van der Waals surface area contributed by atoms with E-state index in [1.807, 2.05) is 13.8 Å². The van der Waals surface area contributed by atoms with Gasteiger partial charge in [0.1, 0.15) is 5.76 Å². The fourth-order valence-electron chi connectivity index (χ4n) is 5.08. The lowest BCUT2D eigenvalue weighted by molar-refractivity contribution is -0.123. The summed E-state index contributed by atoms with van der Waals surface area (Å²) in [5.74, 6) is 2.20. The quantitative estimate of drug-likeness (QED) is 0.577. The summed E-state index contributed by atoms with van der Waals surface area (Å²) in [6, 6.07) is 6.51. The average molecular weight is 435 g/mol. The molecule has 2 aliphatic rings. The summed E-state index contributed by atoms with van der Waals surface area (Å²) in [5.41, 5.74) is 5.83. The van der Waals surface area contributed by atoms with Crippen LogP contribution in [-0.2, 0) is 17.8 Å². The Hall–Kier alpha value is -2.60. The minimum atomic E-state index is -0.219. The molecule has 2 atom stereocenters. The van der Waals surface area contributed by atoms with Crippen LogP contribution in [0.1, 0.15) is 67.3 Å². The topological polar surface area (TPSA) is 72.1 Å². The fraction of sp³-hybridized carbons (Fsp3) is 0.538. The molecular weight excluding hydrogens is 400 g/mol. The van der Waals surface area contributed by atoms with Gasteiger partial charge in [-0.2, -0.15) is 0 Å². The van der Waals surface area contributed by atoms with Crippen LogP contribution in [0.2, 0.25) is 0 Å². The van der Waals surface area contributed by atoms with Crippen LogP contribution in [0.25, 0.3) is 10.9 Å². The van der Waals surface area contributed by atoms with Gasteiger partial charge < -0.3 is 14.4 Å². The van der Waals surface area contributed by atoms with Crippen molar-refractivity contribution in [2.24, 2.45) is 11.8 Å². The van der Waals surface area contributed by atoms with Gasteiger partial charge in [-0.1, -0.05) is 31.1 Å². The number of benzene rings is 1. The molecule has 1 amide bonds. The monoisotopic (exact) mass is 434 g/mol. The minimum absolute atomic E-state index is 0.130. The lowest BCUT2D eigenvalue weighted by Crippen LogP contribution is -2.46. The van der Waals surface area contributed by atoms with E-state index in [1.165, 1.54) is 34.9 Å². The Labute approximate surface area is 189 Å². The number of amides is 1. The molecule has 1 fully saturated rings. The zero-order valence-electron chi connectivity index (χ0n) is 19.6. The average Bonchev–Trinajstić information content (AvgIpc) is 3.48. The predicted molar refractivity (Wildman–Crippen MR) is 126 cm³/mol. The molecule has 2 aromatic heterocycles. The fourth-order valence-corrected chi connectivity index (χ4v) is 5.08. The Balaban J connectivity index is 1.53. The van der Waals surface area contributed by atoms with Gasteiger partial charge in [-0.15, -0.1) is 0 Å². The molecule has 2 N–H and O–H groups in total. The maximum atomic E-state index is 13.1. The standard InChI is InChI=1S/C26H34N4O2/c1-15(2)10-22-20-6-5-7-24-25(20)19(11-23(28-22)26(31)27-12-18-8-9-18)13-30(24)14-21-16(3)29-32-17(21)4/h5-7,13,15,18,22-23,28H,8-12,14H2,1-4H3,(H,27,31)/t22-,23-/m0/s1. The Kier molecular flexibility index (Phi) is 5.58. The molecule has 1 aliphatic carbocycles. The van der Waals surface area contributed by atoms with Crippen LogP contribution < -0.4 is 10.6 Å². The molecule has 0 spiro atoms. The predicted octanol–water partition coefficient (Wildman–Crippen LogP) is 4.42. The lowest BCUT2D eigenvalue weighted by atomic mass is 9.94. The van der Waals surface area contributed by atoms with Gasteiger partial charge in [-0.25, -0.2) is 0 Å². The zero-order chi connectivity index (χ0) is 22.4. The highest BCUT2D eigenvalue weighted by molar-refractivity contribution is 5.90. The van der Waals surface area contributed by atoms with Crippen molar-refractivity contribution in [1.29, 1.82) is 0 Å². The minimum Gasteiger partial charge on any atom is -0.361 e. The molecular formula is C26H34N4O2. The number of aryl methyl sites for hydroxylation is 2. The van der Waals surface area contributed by atoms with E-state index in [2.05, 4.69) is 58.6 Å². The third-order valence-corrected chi connectivity index (χ3v) is 7.01. The first-order valence-corrected chi connectivity index (χ1v) is 12.0. The molecule has 170 valence electrons. The van der Waals surface area contributed by atoms with Gasteiger partial charge in [0.2, 0.25) is 5.91 Å². The number of nitrogens with zero attached hydrogens (tertiary/aromatic N) is 2. The van der Waals surface area contributed by atoms with Gasteiger partial charge >= 0.3 is 0 Å². The van der Waals surface area contributed by atoms with E-state index in [1.54, 1.807) is 0 Å². The normalized spacial score (nSPS) is 20.7. The van der Waals surface area contributed by atoms with Crippen LogP contribution in [0.15, 0.2) is 28.9 Å². The SMILES string of the molecule is Cc1noc(C)c1Cn1cc2c3c(cccc31)[C@H](CC(C)C)N[C@H](C(=O)NCC1CC1)C2. The molecule has 0 bridgehead atoms. The summed E-state index contributed by atoms with van der Waals surface area (Å²) >= 11 is 0. The summed E-state index contributed by atoms with van der Waals surface area (Å²) in [6.07, 6.45) is 6.42. The molecule has 3 aromatic rings. The molecule has 32 heavy (non-hydrogen) atoms. The number of hydrogen-bond acceptors (Lipinski definition) is 4. The molecule has 0 unspecified atom stereocenters. The summed E-state index contributed by atoms with van der Waals surface area (Å²) < 4.78 is 7.71. The van der Waals surface area contributed by atoms with Gasteiger partial charge in [0.25, 0.3) is 0 Å². The summed E-state index contributed by atoms with van der Waals surface area (Å²) in [4.78, 5) is 13.1. The van der Waals surface area contributed by atoms with Crippen molar-refractivity contribution < 1.29 is 9.32 Å². The largest absolute Gasteiger partial charge is 0.361 e. The van der Waals surface area contributed by atoms with E-state index in [0.717, 1.165) is 36.5 Å². The van der Waals surface area contributed by atoms with Crippen LogP contribution in [0.5, 0.6) is 0 Å². The van der Waals surface area contributed by atoms with Crippen molar-refractivity contribution in [3.8, 4) is 0 Å². The van der Waals surface area contributed by atoms with Crippen molar-refractivity contribution in [3.63, 3.8) is 0 Å². The van der Waals surface area contributed by atoms with E-state index < -0.39 is 0 Å². The second-order valence-electron chi connectivity index (χ2n) is 10.1. The maximum Gasteiger partial charge on any atom is 0.237 e.